The molecule has 0 unspecified atom stereocenters. The van der Waals surface area contributed by atoms with Crippen molar-refractivity contribution in [1.82, 2.24) is 0 Å². The smallest absolute Gasteiger partial charge is 0.264 e. The average Bonchev–Trinajstić information content (AvgIpc) is 2.38. The quantitative estimate of drug-likeness (QED) is 0.880. The van der Waals surface area contributed by atoms with Gasteiger partial charge in [-0.1, -0.05) is 15.9 Å². The standard InChI is InChI=1S/C13H12BrFN2O2S/c1-16-10-3-5-11(6-4-10)17-20(18,19)13-7-2-9(14)8-12(13)15/h2-8,16-17H,1H3. The first-order valence-corrected chi connectivity index (χ1v) is 7.96. The molecule has 0 saturated carbocycles. The van der Waals surface area contributed by atoms with Crippen molar-refractivity contribution in [2.75, 3.05) is 17.1 Å². The van der Waals surface area contributed by atoms with Crippen LogP contribution < -0.4 is 10.0 Å². The zero-order valence-corrected chi connectivity index (χ0v) is 12.9. The minimum Gasteiger partial charge on any atom is -0.388 e. The molecule has 0 aromatic heterocycles. The van der Waals surface area contributed by atoms with Gasteiger partial charge in [0.25, 0.3) is 10.0 Å². The second-order valence-electron chi connectivity index (χ2n) is 4.01. The predicted octanol–water partition coefficient (Wildman–Crippen LogP) is 3.43. The Labute approximate surface area is 125 Å². The molecular weight excluding hydrogens is 347 g/mol. The third-order valence-corrected chi connectivity index (χ3v) is 4.52. The number of benzene rings is 2. The van der Waals surface area contributed by atoms with E-state index in [1.54, 1.807) is 31.3 Å². The molecule has 4 nitrogen and oxygen atoms in total. The topological polar surface area (TPSA) is 58.2 Å². The zero-order chi connectivity index (χ0) is 14.8. The molecule has 0 bridgehead atoms. The van der Waals surface area contributed by atoms with Crippen LogP contribution >= 0.6 is 15.9 Å². The first kappa shape index (κ1) is 14.8. The number of nitrogens with one attached hydrogen (secondary N) is 2. The SMILES string of the molecule is CNc1ccc(NS(=O)(=O)c2ccc(Br)cc2F)cc1. The van der Waals surface area contributed by atoms with Crippen LogP contribution in [0.25, 0.3) is 0 Å². The van der Waals surface area contributed by atoms with Gasteiger partial charge < -0.3 is 5.32 Å². The maximum absolute atomic E-state index is 13.7. The molecule has 2 N–H and O–H groups in total. The van der Waals surface area contributed by atoms with Crippen molar-refractivity contribution >= 4 is 37.3 Å². The lowest BCUT2D eigenvalue weighted by Crippen LogP contribution is -2.14. The summed E-state index contributed by atoms with van der Waals surface area (Å²) in [4.78, 5) is -0.390. The summed E-state index contributed by atoms with van der Waals surface area (Å²) in [6.45, 7) is 0. The number of halogens is 2. The maximum atomic E-state index is 13.7. The molecule has 0 spiro atoms. The van der Waals surface area contributed by atoms with E-state index < -0.39 is 20.7 Å². The molecule has 0 atom stereocenters. The average molecular weight is 359 g/mol. The van der Waals surface area contributed by atoms with E-state index >= 15 is 0 Å². The van der Waals surface area contributed by atoms with Crippen LogP contribution in [0.1, 0.15) is 0 Å². The first-order chi connectivity index (χ1) is 9.42. The Morgan fingerprint density at radius 3 is 2.20 bits per heavy atom. The summed E-state index contributed by atoms with van der Waals surface area (Å²) in [6.07, 6.45) is 0. The van der Waals surface area contributed by atoms with Crippen LogP contribution in [-0.4, -0.2) is 15.5 Å². The lowest BCUT2D eigenvalue weighted by atomic mass is 10.3. The lowest BCUT2D eigenvalue weighted by molar-refractivity contribution is 0.570. The molecule has 2 aromatic rings. The zero-order valence-electron chi connectivity index (χ0n) is 10.5. The highest BCUT2D eigenvalue weighted by Crippen LogP contribution is 2.22. The normalized spacial score (nSPS) is 11.2. The first-order valence-electron chi connectivity index (χ1n) is 5.68. The Morgan fingerprint density at radius 2 is 1.65 bits per heavy atom. The highest BCUT2D eigenvalue weighted by molar-refractivity contribution is 9.10. The van der Waals surface area contributed by atoms with E-state index in [4.69, 9.17) is 0 Å². The van der Waals surface area contributed by atoms with Gasteiger partial charge in [0.1, 0.15) is 10.7 Å². The fraction of sp³-hybridized carbons (Fsp3) is 0.0769. The molecule has 7 heteroatoms. The Morgan fingerprint density at radius 1 is 1.05 bits per heavy atom. The van der Waals surface area contributed by atoms with Crippen molar-refractivity contribution in [3.8, 4) is 0 Å². The number of anilines is 2. The van der Waals surface area contributed by atoms with Gasteiger partial charge in [0.05, 0.1) is 0 Å². The largest absolute Gasteiger partial charge is 0.388 e. The molecule has 0 fully saturated rings. The van der Waals surface area contributed by atoms with Crippen molar-refractivity contribution in [1.29, 1.82) is 0 Å². The maximum Gasteiger partial charge on any atom is 0.264 e. The molecule has 0 amide bonds. The van der Waals surface area contributed by atoms with Gasteiger partial charge in [0, 0.05) is 22.9 Å². The molecule has 0 radical (unpaired) electrons. The van der Waals surface area contributed by atoms with E-state index in [2.05, 4.69) is 26.0 Å². The summed E-state index contributed by atoms with van der Waals surface area (Å²) in [7, 11) is -2.19. The summed E-state index contributed by atoms with van der Waals surface area (Å²) in [6, 6.07) is 10.4. The summed E-state index contributed by atoms with van der Waals surface area (Å²) in [5.41, 5.74) is 1.22. The van der Waals surface area contributed by atoms with Crippen LogP contribution in [0.4, 0.5) is 15.8 Å². The molecule has 106 valence electrons. The number of hydrogen-bond donors (Lipinski definition) is 2. The van der Waals surface area contributed by atoms with E-state index in [0.717, 1.165) is 11.8 Å². The van der Waals surface area contributed by atoms with Crippen molar-refractivity contribution in [3.05, 3.63) is 52.8 Å². The second-order valence-corrected chi connectivity index (χ2v) is 6.57. The fourth-order valence-corrected chi connectivity index (χ4v) is 3.06. The van der Waals surface area contributed by atoms with Gasteiger partial charge in [-0.3, -0.25) is 4.72 Å². The van der Waals surface area contributed by atoms with E-state index in [0.29, 0.717) is 10.2 Å². The third-order valence-electron chi connectivity index (χ3n) is 2.61. The van der Waals surface area contributed by atoms with Gasteiger partial charge in [-0.05, 0) is 42.5 Å². The van der Waals surface area contributed by atoms with Crippen LogP contribution in [-0.2, 0) is 10.0 Å². The Bertz CT molecular complexity index is 718. The van der Waals surface area contributed by atoms with Crippen molar-refractivity contribution in [2.24, 2.45) is 0 Å². The molecule has 20 heavy (non-hydrogen) atoms. The van der Waals surface area contributed by atoms with E-state index in [1.165, 1.54) is 12.1 Å². The minimum absolute atomic E-state index is 0.367. The highest BCUT2D eigenvalue weighted by Gasteiger charge is 2.19. The second kappa shape index (κ2) is 5.80. The lowest BCUT2D eigenvalue weighted by Gasteiger charge is -2.09. The van der Waals surface area contributed by atoms with Crippen molar-refractivity contribution < 1.29 is 12.8 Å². The van der Waals surface area contributed by atoms with Crippen molar-refractivity contribution in [3.63, 3.8) is 0 Å². The fourth-order valence-electron chi connectivity index (χ4n) is 1.61. The van der Waals surface area contributed by atoms with Crippen LogP contribution in [0.2, 0.25) is 0 Å². The van der Waals surface area contributed by atoms with Crippen LogP contribution in [0, 0.1) is 5.82 Å². The number of sulfonamides is 1. The van der Waals surface area contributed by atoms with Gasteiger partial charge in [-0.25, -0.2) is 12.8 Å². The van der Waals surface area contributed by atoms with Gasteiger partial charge in [0.15, 0.2) is 0 Å². The molecule has 0 heterocycles. The van der Waals surface area contributed by atoms with Gasteiger partial charge >= 0.3 is 0 Å². The Balaban J connectivity index is 2.30. The summed E-state index contributed by atoms with van der Waals surface area (Å²) in [5, 5.41) is 2.92. The number of hydrogen-bond acceptors (Lipinski definition) is 3. The summed E-state index contributed by atoms with van der Waals surface area (Å²) >= 11 is 3.08. The summed E-state index contributed by atoms with van der Waals surface area (Å²) < 4.78 is 40.7. The number of rotatable bonds is 4. The van der Waals surface area contributed by atoms with Crippen LogP contribution in [0.15, 0.2) is 51.8 Å². The van der Waals surface area contributed by atoms with E-state index in [1.807, 2.05) is 0 Å². The monoisotopic (exact) mass is 358 g/mol. The molecule has 0 saturated heterocycles. The Kier molecular flexibility index (Phi) is 4.29. The minimum atomic E-state index is -3.95. The summed E-state index contributed by atoms with van der Waals surface area (Å²) in [5.74, 6) is -0.807. The van der Waals surface area contributed by atoms with Crippen LogP contribution in [0.5, 0.6) is 0 Å². The molecule has 0 aliphatic carbocycles. The van der Waals surface area contributed by atoms with E-state index in [9.17, 15) is 12.8 Å². The Hall–Kier alpha value is -1.60. The highest BCUT2D eigenvalue weighted by atomic mass is 79.9. The molecular formula is C13H12BrFN2O2S. The third kappa shape index (κ3) is 3.29. The van der Waals surface area contributed by atoms with Crippen LogP contribution in [0.3, 0.4) is 0 Å². The molecule has 2 rings (SSSR count). The van der Waals surface area contributed by atoms with Crippen molar-refractivity contribution in [2.45, 2.75) is 4.90 Å². The van der Waals surface area contributed by atoms with Gasteiger partial charge in [-0.2, -0.15) is 0 Å². The van der Waals surface area contributed by atoms with E-state index in [-0.39, 0.29) is 0 Å². The molecule has 0 aliphatic heterocycles. The predicted molar refractivity (Wildman–Crippen MR) is 80.9 cm³/mol. The molecule has 0 aliphatic rings. The molecule has 2 aromatic carbocycles. The van der Waals surface area contributed by atoms with Gasteiger partial charge in [0.2, 0.25) is 0 Å². The van der Waals surface area contributed by atoms with Gasteiger partial charge in [-0.15, -0.1) is 0 Å².